The van der Waals surface area contributed by atoms with Gasteiger partial charge in [-0.25, -0.2) is 13.6 Å². The molecule has 1 aliphatic heterocycles. The Balaban J connectivity index is 3.04. The van der Waals surface area contributed by atoms with Crippen LogP contribution in [0.25, 0.3) is 0 Å². The van der Waals surface area contributed by atoms with Crippen molar-refractivity contribution >= 4 is 23.9 Å². The van der Waals surface area contributed by atoms with Gasteiger partial charge in [0.1, 0.15) is 0 Å². The molecule has 0 aromatic rings. The average Bonchev–Trinajstić information content (AvgIpc) is 2.69. The van der Waals surface area contributed by atoms with Crippen molar-refractivity contribution in [1.82, 2.24) is 10.2 Å². The Hall–Kier alpha value is -1.25. The first kappa shape index (κ1) is 15.8. The van der Waals surface area contributed by atoms with Gasteiger partial charge in [0.25, 0.3) is 5.92 Å². The molecule has 0 aromatic heterocycles. The van der Waals surface area contributed by atoms with Gasteiger partial charge in [0.15, 0.2) is 6.29 Å². The molecule has 0 bridgehead atoms. The first-order valence-electron chi connectivity index (χ1n) is 5.32. The summed E-state index contributed by atoms with van der Waals surface area (Å²) >= 11 is 5.42. The van der Waals surface area contributed by atoms with Crippen LogP contribution in [-0.2, 0) is 9.53 Å². The molecule has 0 spiro atoms. The highest BCUT2D eigenvalue weighted by Gasteiger charge is 2.53. The highest BCUT2D eigenvalue weighted by atomic mass is 35.5. The van der Waals surface area contributed by atoms with E-state index in [1.165, 1.54) is 7.05 Å². The minimum atomic E-state index is -3.36. The number of aldehydes is 1. The molecule has 6 nitrogen and oxygen atoms in total. The zero-order valence-electron chi connectivity index (χ0n) is 9.98. The van der Waals surface area contributed by atoms with Crippen molar-refractivity contribution in [2.75, 3.05) is 13.7 Å². The summed E-state index contributed by atoms with van der Waals surface area (Å²) in [6.07, 6.45) is -2.79. The molecule has 2 atom stereocenters. The molecule has 1 saturated heterocycles. The van der Waals surface area contributed by atoms with Crippen LogP contribution in [0, 0.1) is 0 Å². The number of amides is 2. The predicted molar refractivity (Wildman–Crippen MR) is 61.6 cm³/mol. The number of aliphatic hydroxyl groups excluding tert-OH is 1. The number of rotatable bonds is 4. The molecule has 1 rings (SSSR count). The van der Waals surface area contributed by atoms with E-state index in [4.69, 9.17) is 21.4 Å². The molecule has 0 saturated carbocycles. The third-order valence-electron chi connectivity index (χ3n) is 2.46. The Morgan fingerprint density at radius 1 is 1.68 bits per heavy atom. The molecular formula is C10H13ClF2N2O4. The monoisotopic (exact) mass is 298 g/mol. The molecule has 1 heterocycles. The fourth-order valence-electron chi connectivity index (χ4n) is 1.64. The van der Waals surface area contributed by atoms with Crippen molar-refractivity contribution in [3.63, 3.8) is 0 Å². The Morgan fingerprint density at radius 3 is 2.74 bits per heavy atom. The summed E-state index contributed by atoms with van der Waals surface area (Å²) in [6, 6.07) is -0.914. The molecule has 108 valence electrons. The molecule has 9 heteroatoms. The number of urea groups is 1. The first-order chi connectivity index (χ1) is 8.85. The van der Waals surface area contributed by atoms with Crippen molar-refractivity contribution in [2.45, 2.75) is 24.7 Å². The molecular weight excluding hydrogens is 286 g/mol. The fraction of sp³-hybridized carbons (Fsp3) is 0.600. The van der Waals surface area contributed by atoms with Gasteiger partial charge in [-0.3, -0.25) is 9.69 Å². The Kier molecular flexibility index (Phi) is 5.21. The van der Waals surface area contributed by atoms with Gasteiger partial charge in [-0.1, -0.05) is 11.6 Å². The van der Waals surface area contributed by atoms with E-state index in [0.29, 0.717) is 4.90 Å². The van der Waals surface area contributed by atoms with E-state index in [0.717, 1.165) is 6.20 Å². The van der Waals surface area contributed by atoms with E-state index in [1.807, 2.05) is 0 Å². The van der Waals surface area contributed by atoms with E-state index in [2.05, 4.69) is 5.32 Å². The maximum atomic E-state index is 13.7. The number of ether oxygens (including phenoxy) is 1. The van der Waals surface area contributed by atoms with Crippen molar-refractivity contribution in [3.8, 4) is 0 Å². The van der Waals surface area contributed by atoms with Crippen LogP contribution in [0.1, 0.15) is 6.42 Å². The number of hydrogen-bond donors (Lipinski definition) is 2. The predicted octanol–water partition coefficient (Wildman–Crippen LogP) is 0.650. The van der Waals surface area contributed by atoms with E-state index >= 15 is 0 Å². The summed E-state index contributed by atoms with van der Waals surface area (Å²) in [5.41, 5.74) is 0. The highest BCUT2D eigenvalue weighted by Crippen LogP contribution is 2.37. The van der Waals surface area contributed by atoms with E-state index in [9.17, 15) is 18.4 Å². The fourth-order valence-corrected chi connectivity index (χ4v) is 1.74. The molecule has 0 radical (unpaired) electrons. The molecule has 2 N–H and O–H groups in total. The SMILES string of the molecule is CNC(=O)N(/C=C(/Cl)C=O)C1OC(CO)CC1(F)F. The molecule has 1 aliphatic rings. The van der Waals surface area contributed by atoms with Crippen LogP contribution in [0.2, 0.25) is 0 Å². The number of aliphatic hydroxyl groups is 1. The minimum absolute atomic E-state index is 0.202. The van der Waals surface area contributed by atoms with Gasteiger partial charge in [-0.05, 0) is 0 Å². The highest BCUT2D eigenvalue weighted by molar-refractivity contribution is 6.38. The number of nitrogens with one attached hydrogen (secondary N) is 1. The lowest BCUT2D eigenvalue weighted by Gasteiger charge is -2.28. The second-order valence-corrected chi connectivity index (χ2v) is 4.29. The molecule has 2 unspecified atom stereocenters. The summed E-state index contributed by atoms with van der Waals surface area (Å²) in [4.78, 5) is 22.5. The lowest BCUT2D eigenvalue weighted by molar-refractivity contribution is -0.126. The summed E-state index contributed by atoms with van der Waals surface area (Å²) in [7, 11) is 1.23. The van der Waals surface area contributed by atoms with Crippen LogP contribution in [0.15, 0.2) is 11.2 Å². The van der Waals surface area contributed by atoms with Crippen molar-refractivity contribution in [1.29, 1.82) is 0 Å². The summed E-state index contributed by atoms with van der Waals surface area (Å²) in [6.45, 7) is -0.598. The number of hydrogen-bond acceptors (Lipinski definition) is 4. The molecule has 19 heavy (non-hydrogen) atoms. The van der Waals surface area contributed by atoms with Gasteiger partial charge in [0.2, 0.25) is 6.23 Å². The van der Waals surface area contributed by atoms with Crippen LogP contribution in [0.4, 0.5) is 13.6 Å². The van der Waals surface area contributed by atoms with Crippen molar-refractivity contribution in [3.05, 3.63) is 11.2 Å². The number of carbonyl (C=O) groups is 2. The number of allylic oxidation sites excluding steroid dienone is 1. The van der Waals surface area contributed by atoms with Crippen LogP contribution in [-0.4, -0.2) is 54.2 Å². The lowest BCUT2D eigenvalue weighted by Crippen LogP contribution is -2.48. The second kappa shape index (κ2) is 6.27. The van der Waals surface area contributed by atoms with Crippen LogP contribution in [0.3, 0.4) is 0 Å². The van der Waals surface area contributed by atoms with Crippen LogP contribution in [0.5, 0.6) is 0 Å². The number of alkyl halides is 2. The van der Waals surface area contributed by atoms with Gasteiger partial charge >= 0.3 is 6.03 Å². The van der Waals surface area contributed by atoms with Gasteiger partial charge in [0.05, 0.1) is 17.7 Å². The van der Waals surface area contributed by atoms with Crippen molar-refractivity contribution < 1.29 is 28.2 Å². The number of carbonyl (C=O) groups excluding carboxylic acids is 2. The zero-order valence-corrected chi connectivity index (χ0v) is 10.7. The quantitative estimate of drug-likeness (QED) is 0.590. The Labute approximate surface area is 113 Å². The summed E-state index contributed by atoms with van der Waals surface area (Å²) in [5, 5.41) is 10.5. The normalized spacial score (nSPS) is 26.1. The third kappa shape index (κ3) is 3.62. The largest absolute Gasteiger partial charge is 0.394 e. The average molecular weight is 299 g/mol. The van der Waals surface area contributed by atoms with E-state index in [-0.39, 0.29) is 6.29 Å². The number of nitrogens with zero attached hydrogens (tertiary/aromatic N) is 1. The maximum absolute atomic E-state index is 13.7. The molecule has 0 aromatic carbocycles. The molecule has 2 amide bonds. The second-order valence-electron chi connectivity index (χ2n) is 3.85. The Morgan fingerprint density at radius 2 is 2.32 bits per heavy atom. The van der Waals surface area contributed by atoms with E-state index < -0.39 is 42.3 Å². The standard InChI is InChI=1S/C10H13ClF2N2O4/c1-14-9(18)15(3-6(11)4-16)8-10(12,13)2-7(5-17)19-8/h3-4,7-8,17H,2,5H2,1H3,(H,14,18)/b6-3+. The van der Waals surface area contributed by atoms with Gasteiger partial charge in [0, 0.05) is 19.7 Å². The first-order valence-corrected chi connectivity index (χ1v) is 5.70. The number of halogens is 3. The minimum Gasteiger partial charge on any atom is -0.394 e. The summed E-state index contributed by atoms with van der Waals surface area (Å²) in [5.74, 6) is -3.36. The maximum Gasteiger partial charge on any atom is 0.323 e. The smallest absolute Gasteiger partial charge is 0.323 e. The summed E-state index contributed by atoms with van der Waals surface area (Å²) < 4.78 is 32.4. The molecule has 1 fully saturated rings. The van der Waals surface area contributed by atoms with Gasteiger partial charge in [-0.2, -0.15) is 0 Å². The van der Waals surface area contributed by atoms with Gasteiger partial charge in [-0.15, -0.1) is 0 Å². The van der Waals surface area contributed by atoms with E-state index in [1.54, 1.807) is 0 Å². The van der Waals surface area contributed by atoms with Crippen molar-refractivity contribution in [2.24, 2.45) is 0 Å². The molecule has 0 aliphatic carbocycles. The van der Waals surface area contributed by atoms with Crippen LogP contribution >= 0.6 is 11.6 Å². The zero-order chi connectivity index (χ0) is 14.6. The van der Waals surface area contributed by atoms with Crippen LogP contribution < -0.4 is 5.32 Å². The lowest BCUT2D eigenvalue weighted by atomic mass is 10.2. The topological polar surface area (TPSA) is 78.9 Å². The van der Waals surface area contributed by atoms with Gasteiger partial charge < -0.3 is 15.2 Å². The third-order valence-corrected chi connectivity index (χ3v) is 2.65. The Bertz CT molecular complexity index is 392.